The van der Waals surface area contributed by atoms with E-state index in [9.17, 15) is 18.3 Å². The summed E-state index contributed by atoms with van der Waals surface area (Å²) in [5.41, 5.74) is -0.682. The maximum Gasteiger partial charge on any atom is 0.234 e. The lowest BCUT2D eigenvalue weighted by Crippen LogP contribution is -2.50. The van der Waals surface area contributed by atoms with Crippen molar-refractivity contribution in [1.82, 2.24) is 5.32 Å². The Morgan fingerprint density at radius 3 is 2.39 bits per heavy atom. The fourth-order valence-electron chi connectivity index (χ4n) is 2.64. The van der Waals surface area contributed by atoms with Crippen molar-refractivity contribution in [1.29, 1.82) is 0 Å². The van der Waals surface area contributed by atoms with Gasteiger partial charge in [0.1, 0.15) is 5.75 Å². The monoisotopic (exact) mass is 357 g/mol. The molecule has 1 aromatic carbocycles. The first-order chi connectivity index (χ1) is 10.6. The molecule has 1 aliphatic heterocycles. The molecular formula is C16H23NO4S2. The lowest BCUT2D eigenvalue weighted by molar-refractivity contribution is -0.122. The summed E-state index contributed by atoms with van der Waals surface area (Å²) in [7, 11) is -3.06. The van der Waals surface area contributed by atoms with Gasteiger partial charge < -0.3 is 10.4 Å². The minimum atomic E-state index is -3.06. The Bertz CT molecular complexity index is 670. The zero-order valence-electron chi connectivity index (χ0n) is 13.6. The third kappa shape index (κ3) is 4.88. The predicted octanol–water partition coefficient (Wildman–Crippen LogP) is 2.20. The van der Waals surface area contributed by atoms with Gasteiger partial charge in [-0.15, -0.1) is 11.8 Å². The van der Waals surface area contributed by atoms with Gasteiger partial charge in [-0.3, -0.25) is 4.79 Å². The van der Waals surface area contributed by atoms with Crippen LogP contribution in [0.3, 0.4) is 0 Å². The van der Waals surface area contributed by atoms with E-state index in [2.05, 4.69) is 5.32 Å². The van der Waals surface area contributed by atoms with E-state index >= 15 is 0 Å². The Morgan fingerprint density at radius 2 is 1.91 bits per heavy atom. The summed E-state index contributed by atoms with van der Waals surface area (Å²) in [5.74, 6) is 0.262. The van der Waals surface area contributed by atoms with Crippen LogP contribution in [0.4, 0.5) is 0 Å². The molecule has 1 heterocycles. The Kier molecular flexibility index (Phi) is 5.30. The normalized spacial score (nSPS) is 24.5. The van der Waals surface area contributed by atoms with Crippen molar-refractivity contribution in [3.05, 3.63) is 24.3 Å². The summed E-state index contributed by atoms with van der Waals surface area (Å²) in [4.78, 5) is 13.5. The van der Waals surface area contributed by atoms with Crippen molar-refractivity contribution in [3.63, 3.8) is 0 Å². The van der Waals surface area contributed by atoms with Gasteiger partial charge in [-0.1, -0.05) is 13.8 Å². The molecule has 0 saturated carbocycles. The number of rotatable bonds is 5. The van der Waals surface area contributed by atoms with Crippen LogP contribution in [0.5, 0.6) is 5.75 Å². The predicted molar refractivity (Wildman–Crippen MR) is 92.4 cm³/mol. The fraction of sp³-hybridized carbons (Fsp3) is 0.562. The number of benzene rings is 1. The zero-order valence-corrected chi connectivity index (χ0v) is 15.2. The summed E-state index contributed by atoms with van der Waals surface area (Å²) in [5, 5.41) is 12.0. The third-order valence-electron chi connectivity index (χ3n) is 3.89. The molecule has 0 aromatic heterocycles. The second-order valence-electron chi connectivity index (χ2n) is 6.67. The van der Waals surface area contributed by atoms with Crippen LogP contribution in [0.15, 0.2) is 29.2 Å². The van der Waals surface area contributed by atoms with E-state index in [-0.39, 0.29) is 34.3 Å². The highest BCUT2D eigenvalue weighted by molar-refractivity contribution is 8.00. The lowest BCUT2D eigenvalue weighted by atomic mass is 10.0. The van der Waals surface area contributed by atoms with Crippen molar-refractivity contribution in [2.45, 2.75) is 42.9 Å². The van der Waals surface area contributed by atoms with Gasteiger partial charge in [0, 0.05) is 4.90 Å². The quantitative estimate of drug-likeness (QED) is 0.790. The molecule has 1 fully saturated rings. The highest BCUT2D eigenvalue weighted by Crippen LogP contribution is 2.31. The van der Waals surface area contributed by atoms with E-state index in [1.807, 2.05) is 13.8 Å². The smallest absolute Gasteiger partial charge is 0.234 e. The van der Waals surface area contributed by atoms with Crippen molar-refractivity contribution < 1.29 is 18.3 Å². The Labute approximate surface area is 141 Å². The van der Waals surface area contributed by atoms with Crippen LogP contribution in [0.2, 0.25) is 0 Å². The maximum atomic E-state index is 12.7. The molecule has 5 nitrogen and oxygen atoms in total. The lowest BCUT2D eigenvalue weighted by Gasteiger charge is -2.28. The first kappa shape index (κ1) is 18.1. The Morgan fingerprint density at radius 1 is 1.30 bits per heavy atom. The highest BCUT2D eigenvalue weighted by atomic mass is 32.2. The molecule has 0 radical (unpaired) electrons. The van der Waals surface area contributed by atoms with Gasteiger partial charge in [-0.25, -0.2) is 8.42 Å². The standard InChI is InChI=1S/C16H23NO4S2/c1-11(2)14(22-13-6-4-12(18)5-7-13)15(19)17-16(3)8-9-23(20,21)10-16/h4-7,11,14,18H,8-10H2,1-3H3,(H,17,19)/t14-,16+/m1/s1. The Balaban J connectivity index is 2.08. The molecular weight excluding hydrogens is 334 g/mol. The third-order valence-corrected chi connectivity index (χ3v) is 7.35. The van der Waals surface area contributed by atoms with Gasteiger partial charge in [-0.05, 0) is 43.5 Å². The summed E-state index contributed by atoms with van der Waals surface area (Å²) >= 11 is 1.42. The molecule has 1 saturated heterocycles. The van der Waals surface area contributed by atoms with Crippen LogP contribution < -0.4 is 5.32 Å². The van der Waals surface area contributed by atoms with Gasteiger partial charge in [0.15, 0.2) is 9.84 Å². The second-order valence-corrected chi connectivity index (χ2v) is 10.1. The van der Waals surface area contributed by atoms with Gasteiger partial charge in [-0.2, -0.15) is 0 Å². The average molecular weight is 357 g/mol. The number of hydrogen-bond donors (Lipinski definition) is 2. The van der Waals surface area contributed by atoms with Crippen LogP contribution in [0.1, 0.15) is 27.2 Å². The van der Waals surface area contributed by atoms with Gasteiger partial charge in [0.05, 0.1) is 22.3 Å². The molecule has 0 aliphatic carbocycles. The van der Waals surface area contributed by atoms with Crippen LogP contribution in [0.25, 0.3) is 0 Å². The second kappa shape index (κ2) is 6.73. The molecule has 0 unspecified atom stereocenters. The topological polar surface area (TPSA) is 83.5 Å². The number of nitrogens with one attached hydrogen (secondary N) is 1. The molecule has 128 valence electrons. The van der Waals surface area contributed by atoms with Gasteiger partial charge in [0.25, 0.3) is 0 Å². The number of phenols is 1. The zero-order chi connectivity index (χ0) is 17.3. The fourth-order valence-corrected chi connectivity index (χ4v) is 5.76. The number of hydrogen-bond acceptors (Lipinski definition) is 5. The van der Waals surface area contributed by atoms with Crippen molar-refractivity contribution in [3.8, 4) is 5.75 Å². The highest BCUT2D eigenvalue weighted by Gasteiger charge is 2.40. The summed E-state index contributed by atoms with van der Waals surface area (Å²) in [6.07, 6.45) is 0.454. The minimum Gasteiger partial charge on any atom is -0.508 e. The summed E-state index contributed by atoms with van der Waals surface area (Å²) in [6.45, 7) is 5.72. The van der Waals surface area contributed by atoms with E-state index < -0.39 is 15.4 Å². The van der Waals surface area contributed by atoms with Crippen LogP contribution in [-0.4, -0.2) is 41.7 Å². The number of carbonyl (C=O) groups is 1. The summed E-state index contributed by atoms with van der Waals surface area (Å²) in [6, 6.07) is 6.71. The van der Waals surface area contributed by atoms with Crippen LogP contribution in [-0.2, 0) is 14.6 Å². The van der Waals surface area contributed by atoms with E-state index in [0.717, 1.165) is 4.90 Å². The largest absolute Gasteiger partial charge is 0.508 e. The minimum absolute atomic E-state index is 0.000428. The van der Waals surface area contributed by atoms with Crippen molar-refractivity contribution in [2.24, 2.45) is 5.92 Å². The molecule has 2 rings (SSSR count). The maximum absolute atomic E-state index is 12.7. The van der Waals surface area contributed by atoms with E-state index in [1.165, 1.54) is 11.8 Å². The molecule has 1 aliphatic rings. The number of phenolic OH excluding ortho intramolecular Hbond substituents is 1. The molecule has 2 atom stereocenters. The van der Waals surface area contributed by atoms with Crippen molar-refractivity contribution in [2.75, 3.05) is 11.5 Å². The number of thioether (sulfide) groups is 1. The molecule has 0 spiro atoms. The molecule has 23 heavy (non-hydrogen) atoms. The van der Waals surface area contributed by atoms with Crippen LogP contribution in [0, 0.1) is 5.92 Å². The van der Waals surface area contributed by atoms with E-state index in [0.29, 0.717) is 6.42 Å². The SMILES string of the molecule is CC(C)[C@@H](Sc1ccc(O)cc1)C(=O)N[C@@]1(C)CCS(=O)(=O)C1. The molecule has 7 heteroatoms. The molecule has 1 aromatic rings. The molecule has 0 bridgehead atoms. The number of sulfone groups is 1. The number of amides is 1. The summed E-state index contributed by atoms with van der Waals surface area (Å²) < 4.78 is 23.3. The Hall–Kier alpha value is -1.21. The first-order valence-electron chi connectivity index (χ1n) is 7.58. The first-order valence-corrected chi connectivity index (χ1v) is 10.3. The van der Waals surface area contributed by atoms with Crippen molar-refractivity contribution >= 4 is 27.5 Å². The average Bonchev–Trinajstić information content (AvgIpc) is 2.71. The number of carbonyl (C=O) groups excluding carboxylic acids is 1. The van der Waals surface area contributed by atoms with Gasteiger partial charge >= 0.3 is 0 Å². The van der Waals surface area contributed by atoms with Gasteiger partial charge in [0.2, 0.25) is 5.91 Å². The van der Waals surface area contributed by atoms with Crippen LogP contribution >= 0.6 is 11.8 Å². The molecule has 1 amide bonds. The number of aromatic hydroxyl groups is 1. The molecule has 2 N–H and O–H groups in total. The van der Waals surface area contributed by atoms with E-state index in [1.54, 1.807) is 31.2 Å². The van der Waals surface area contributed by atoms with E-state index in [4.69, 9.17) is 0 Å².